The Bertz CT molecular complexity index is 394. The van der Waals surface area contributed by atoms with Gasteiger partial charge < -0.3 is 10.3 Å². The molecule has 18 heavy (non-hydrogen) atoms. The van der Waals surface area contributed by atoms with E-state index in [9.17, 15) is 13.2 Å². The number of nitrogens with zero attached hydrogens (tertiary/aromatic N) is 1. The fraction of sp³-hybridized carbons (Fsp3) is 0.750. The molecule has 1 aliphatic carbocycles. The molecule has 0 aromatic carbocycles. The lowest BCUT2D eigenvalue weighted by atomic mass is 9.78. The molecule has 0 aliphatic heterocycles. The van der Waals surface area contributed by atoms with Crippen LogP contribution in [-0.2, 0) is 5.41 Å². The van der Waals surface area contributed by atoms with Gasteiger partial charge in [0.2, 0.25) is 5.88 Å². The van der Waals surface area contributed by atoms with E-state index in [0.717, 1.165) is 31.4 Å². The van der Waals surface area contributed by atoms with Crippen molar-refractivity contribution < 1.29 is 17.7 Å². The van der Waals surface area contributed by atoms with Crippen LogP contribution in [0.2, 0.25) is 0 Å². The van der Waals surface area contributed by atoms with Crippen LogP contribution in [-0.4, -0.2) is 11.3 Å². The molecule has 0 saturated heterocycles. The topological polar surface area (TPSA) is 52.0 Å². The highest BCUT2D eigenvalue weighted by Gasteiger charge is 2.39. The van der Waals surface area contributed by atoms with Gasteiger partial charge in [-0.3, -0.25) is 0 Å². The first-order chi connectivity index (χ1) is 8.41. The van der Waals surface area contributed by atoms with Gasteiger partial charge in [0.1, 0.15) is 0 Å². The quantitative estimate of drug-likeness (QED) is 0.897. The summed E-state index contributed by atoms with van der Waals surface area (Å²) in [5.41, 5.74) is 5.96. The van der Waals surface area contributed by atoms with Crippen molar-refractivity contribution in [2.75, 3.05) is 5.73 Å². The zero-order valence-electron chi connectivity index (χ0n) is 10.1. The summed E-state index contributed by atoms with van der Waals surface area (Å²) in [6.07, 6.45) is -0.384. The van der Waals surface area contributed by atoms with Gasteiger partial charge >= 0.3 is 6.18 Å². The van der Waals surface area contributed by atoms with E-state index in [1.807, 2.05) is 0 Å². The fourth-order valence-corrected chi connectivity index (χ4v) is 2.85. The second-order valence-corrected chi connectivity index (χ2v) is 5.07. The molecule has 2 N–H and O–H groups in total. The van der Waals surface area contributed by atoms with Gasteiger partial charge in [-0.25, -0.2) is 0 Å². The molecule has 1 aromatic heterocycles. The van der Waals surface area contributed by atoms with Crippen LogP contribution in [0.15, 0.2) is 10.6 Å². The summed E-state index contributed by atoms with van der Waals surface area (Å²) < 4.78 is 41.5. The minimum Gasteiger partial charge on any atom is -0.368 e. The molecular formula is C12H17F3N2O. The van der Waals surface area contributed by atoms with Crippen molar-refractivity contribution in [3.8, 4) is 0 Å². The molecule has 1 heterocycles. The number of hydrogen-bond donors (Lipinski definition) is 1. The van der Waals surface area contributed by atoms with Gasteiger partial charge in [0.05, 0.1) is 5.69 Å². The van der Waals surface area contributed by atoms with Crippen LogP contribution in [0.5, 0.6) is 0 Å². The predicted octanol–water partition coefficient (Wildman–Crippen LogP) is 3.80. The normalized spacial score (nSPS) is 19.3. The van der Waals surface area contributed by atoms with Crippen molar-refractivity contribution in [3.63, 3.8) is 0 Å². The molecule has 1 aromatic rings. The summed E-state index contributed by atoms with van der Waals surface area (Å²) in [7, 11) is 0. The molecule has 0 amide bonds. The van der Waals surface area contributed by atoms with Crippen molar-refractivity contribution in [1.29, 1.82) is 0 Å². The van der Waals surface area contributed by atoms with Gasteiger partial charge in [-0.15, -0.1) is 0 Å². The molecule has 1 aliphatic rings. The largest absolute Gasteiger partial charge is 0.389 e. The van der Waals surface area contributed by atoms with E-state index in [1.54, 1.807) is 6.07 Å². The van der Waals surface area contributed by atoms with Crippen LogP contribution in [0, 0.1) is 0 Å². The number of alkyl halides is 3. The molecule has 6 heteroatoms. The summed E-state index contributed by atoms with van der Waals surface area (Å²) in [6, 6.07) is 1.65. The van der Waals surface area contributed by atoms with Crippen LogP contribution in [0.4, 0.5) is 19.1 Å². The Kier molecular flexibility index (Phi) is 3.54. The Morgan fingerprint density at radius 1 is 1.33 bits per heavy atom. The van der Waals surface area contributed by atoms with Gasteiger partial charge in [0, 0.05) is 17.9 Å². The number of anilines is 1. The minimum atomic E-state index is -4.08. The van der Waals surface area contributed by atoms with Gasteiger partial charge in [0.25, 0.3) is 0 Å². The van der Waals surface area contributed by atoms with E-state index in [-0.39, 0.29) is 17.7 Å². The smallest absolute Gasteiger partial charge is 0.368 e. The van der Waals surface area contributed by atoms with Crippen molar-refractivity contribution in [3.05, 3.63) is 11.8 Å². The van der Waals surface area contributed by atoms with E-state index in [4.69, 9.17) is 10.3 Å². The van der Waals surface area contributed by atoms with Crippen LogP contribution < -0.4 is 5.73 Å². The number of hydrogen-bond acceptors (Lipinski definition) is 3. The Labute approximate surface area is 104 Å². The Morgan fingerprint density at radius 3 is 2.50 bits per heavy atom. The maximum absolute atomic E-state index is 12.2. The number of rotatable bonds is 4. The number of aromatic nitrogens is 1. The molecule has 1 saturated carbocycles. The van der Waals surface area contributed by atoms with Crippen molar-refractivity contribution in [2.45, 2.75) is 56.5 Å². The highest BCUT2D eigenvalue weighted by atomic mass is 19.4. The molecule has 0 atom stereocenters. The third-order valence-corrected chi connectivity index (χ3v) is 3.75. The predicted molar refractivity (Wildman–Crippen MR) is 61.0 cm³/mol. The zero-order valence-corrected chi connectivity index (χ0v) is 10.1. The highest BCUT2D eigenvalue weighted by molar-refractivity contribution is 5.30. The van der Waals surface area contributed by atoms with E-state index in [1.165, 1.54) is 0 Å². The third-order valence-electron chi connectivity index (χ3n) is 3.75. The SMILES string of the molecule is Nc1cc(C2(CCCC(F)(F)F)CCCC2)no1. The first-order valence-corrected chi connectivity index (χ1v) is 6.21. The maximum Gasteiger partial charge on any atom is 0.389 e. The summed E-state index contributed by atoms with van der Waals surface area (Å²) >= 11 is 0. The second kappa shape index (κ2) is 4.82. The minimum absolute atomic E-state index is 0.135. The van der Waals surface area contributed by atoms with Gasteiger partial charge in [0.15, 0.2) is 0 Å². The van der Waals surface area contributed by atoms with Gasteiger partial charge in [-0.2, -0.15) is 13.2 Å². The first-order valence-electron chi connectivity index (χ1n) is 6.21. The average Bonchev–Trinajstić information content (AvgIpc) is 2.86. The summed E-state index contributed by atoms with van der Waals surface area (Å²) in [5, 5.41) is 3.90. The number of nitrogen functional groups attached to an aromatic ring is 1. The average molecular weight is 262 g/mol. The van der Waals surface area contributed by atoms with Crippen LogP contribution >= 0.6 is 0 Å². The first kappa shape index (κ1) is 13.2. The van der Waals surface area contributed by atoms with Crippen molar-refractivity contribution in [1.82, 2.24) is 5.16 Å². The number of halogens is 3. The second-order valence-electron chi connectivity index (χ2n) is 5.07. The molecule has 0 unspecified atom stereocenters. The molecule has 0 radical (unpaired) electrons. The monoisotopic (exact) mass is 262 g/mol. The lowest BCUT2D eigenvalue weighted by molar-refractivity contribution is -0.136. The third kappa shape index (κ3) is 2.97. The van der Waals surface area contributed by atoms with E-state index < -0.39 is 12.6 Å². The van der Waals surface area contributed by atoms with E-state index >= 15 is 0 Å². The van der Waals surface area contributed by atoms with Crippen LogP contribution in [0.3, 0.4) is 0 Å². The van der Waals surface area contributed by atoms with Crippen LogP contribution in [0.25, 0.3) is 0 Å². The molecule has 2 rings (SSSR count). The van der Waals surface area contributed by atoms with Gasteiger partial charge in [-0.1, -0.05) is 18.0 Å². The fourth-order valence-electron chi connectivity index (χ4n) is 2.85. The Balaban J connectivity index is 2.04. The molecule has 1 fully saturated rings. The Morgan fingerprint density at radius 2 is 2.00 bits per heavy atom. The van der Waals surface area contributed by atoms with E-state index in [2.05, 4.69) is 5.16 Å². The van der Waals surface area contributed by atoms with Crippen molar-refractivity contribution in [2.24, 2.45) is 0 Å². The molecular weight excluding hydrogens is 245 g/mol. The number of nitrogens with two attached hydrogens (primary N) is 1. The molecule has 102 valence electrons. The van der Waals surface area contributed by atoms with Crippen LogP contribution in [0.1, 0.15) is 50.6 Å². The summed E-state index contributed by atoms with van der Waals surface area (Å²) in [5.74, 6) is 0.229. The molecule has 3 nitrogen and oxygen atoms in total. The van der Waals surface area contributed by atoms with Gasteiger partial charge in [-0.05, 0) is 25.7 Å². The standard InChI is InChI=1S/C12H17F3N2O/c13-12(14,15)7-3-6-11(4-1-2-5-11)9-8-10(16)18-17-9/h8H,1-7,16H2. The lowest BCUT2D eigenvalue weighted by Crippen LogP contribution is -2.23. The lowest BCUT2D eigenvalue weighted by Gasteiger charge is -2.26. The molecule has 0 bridgehead atoms. The maximum atomic E-state index is 12.2. The Hall–Kier alpha value is -1.20. The van der Waals surface area contributed by atoms with Crippen molar-refractivity contribution >= 4 is 5.88 Å². The highest BCUT2D eigenvalue weighted by Crippen LogP contribution is 2.45. The zero-order chi connectivity index (χ0) is 13.2. The summed E-state index contributed by atoms with van der Waals surface area (Å²) in [6.45, 7) is 0. The molecule has 0 spiro atoms. The van der Waals surface area contributed by atoms with E-state index in [0.29, 0.717) is 6.42 Å². The summed E-state index contributed by atoms with van der Waals surface area (Å²) in [4.78, 5) is 0.